The third-order valence-corrected chi connectivity index (χ3v) is 5.35. The lowest BCUT2D eigenvalue weighted by Crippen LogP contribution is -2.42. The smallest absolute Gasteiger partial charge is 0.254 e. The van der Waals surface area contributed by atoms with E-state index in [2.05, 4.69) is 17.1 Å². The summed E-state index contributed by atoms with van der Waals surface area (Å²) in [6, 6.07) is 12.8. The topological polar surface area (TPSA) is 78.3 Å². The van der Waals surface area contributed by atoms with E-state index < -0.39 is 0 Å². The van der Waals surface area contributed by atoms with Crippen LogP contribution in [0.15, 0.2) is 47.3 Å². The van der Waals surface area contributed by atoms with Gasteiger partial charge in [-0.3, -0.25) is 9.59 Å². The van der Waals surface area contributed by atoms with Crippen molar-refractivity contribution in [1.29, 1.82) is 0 Å². The number of piperidine rings is 1. The Labute approximate surface area is 157 Å². The Balaban J connectivity index is 1.62. The maximum absolute atomic E-state index is 13.0. The second kappa shape index (κ2) is 6.95. The number of fused-ring (bicyclic) bond motifs is 1. The number of aromatic amines is 1. The number of nitrogens with one attached hydrogen (secondary N) is 1. The van der Waals surface area contributed by atoms with Gasteiger partial charge in [0.05, 0.1) is 6.04 Å². The third-order valence-electron chi connectivity index (χ3n) is 5.35. The van der Waals surface area contributed by atoms with Crippen LogP contribution in [-0.4, -0.2) is 32.0 Å². The number of hydrogen-bond acceptors (Lipinski definition) is 3. The number of rotatable bonds is 3. The maximum atomic E-state index is 13.0. The molecule has 0 bridgehead atoms. The molecule has 0 spiro atoms. The van der Waals surface area contributed by atoms with Crippen LogP contribution in [0.4, 0.5) is 0 Å². The molecule has 6 heteroatoms. The van der Waals surface area contributed by atoms with Crippen molar-refractivity contribution in [2.45, 2.75) is 38.8 Å². The fourth-order valence-electron chi connectivity index (χ4n) is 3.97. The first-order valence-electron chi connectivity index (χ1n) is 9.30. The number of likely N-dealkylation sites (tertiary alicyclic amines) is 1. The zero-order valence-corrected chi connectivity index (χ0v) is 15.3. The second-order valence-electron chi connectivity index (χ2n) is 7.19. The van der Waals surface area contributed by atoms with Crippen LogP contribution in [-0.2, 0) is 11.3 Å². The number of aromatic nitrogens is 2. The summed E-state index contributed by atoms with van der Waals surface area (Å²) in [5.41, 5.74) is 2.32. The molecule has 140 valence electrons. The number of benzene rings is 1. The number of carbonyl (C=O) groups is 1. The standard InChI is InChI=1S/C21H23N3O3/c1-14-10-16(25)12-20(26)24(14)13-21(27)23-9-5-4-8-19(23)18-11-15-6-2-3-7-17(15)22-18/h2-3,6-7,10-12,19,22,25H,4-5,8-9,13H2,1H3. The van der Waals surface area contributed by atoms with Gasteiger partial charge < -0.3 is 19.6 Å². The lowest BCUT2D eigenvalue weighted by atomic mass is 9.99. The third kappa shape index (κ3) is 3.35. The van der Waals surface area contributed by atoms with E-state index in [1.165, 1.54) is 10.6 Å². The number of hydrogen-bond donors (Lipinski definition) is 2. The minimum Gasteiger partial charge on any atom is -0.508 e. The molecule has 1 saturated heterocycles. The molecule has 1 fully saturated rings. The Morgan fingerprint density at radius 1 is 1.22 bits per heavy atom. The molecule has 0 aliphatic carbocycles. The summed E-state index contributed by atoms with van der Waals surface area (Å²) in [7, 11) is 0. The highest BCUT2D eigenvalue weighted by molar-refractivity contribution is 5.81. The summed E-state index contributed by atoms with van der Waals surface area (Å²) in [5, 5.41) is 10.7. The molecule has 3 aromatic rings. The number of aryl methyl sites for hydroxylation is 1. The van der Waals surface area contributed by atoms with E-state index in [4.69, 9.17) is 0 Å². The van der Waals surface area contributed by atoms with E-state index in [0.29, 0.717) is 12.2 Å². The Hall–Kier alpha value is -3.02. The van der Waals surface area contributed by atoms with E-state index >= 15 is 0 Å². The van der Waals surface area contributed by atoms with Gasteiger partial charge in [-0.15, -0.1) is 0 Å². The predicted molar refractivity (Wildman–Crippen MR) is 104 cm³/mol. The van der Waals surface area contributed by atoms with Crippen LogP contribution in [0.1, 0.15) is 36.7 Å². The number of pyridine rings is 1. The molecule has 2 aromatic heterocycles. The fourth-order valence-corrected chi connectivity index (χ4v) is 3.97. The molecule has 1 atom stereocenters. The summed E-state index contributed by atoms with van der Waals surface area (Å²) in [4.78, 5) is 30.6. The largest absolute Gasteiger partial charge is 0.508 e. The van der Waals surface area contributed by atoms with Crippen LogP contribution in [0.5, 0.6) is 5.75 Å². The molecule has 2 N–H and O–H groups in total. The Morgan fingerprint density at radius 2 is 2.04 bits per heavy atom. The van der Waals surface area contributed by atoms with Crippen LogP contribution in [0.25, 0.3) is 10.9 Å². The number of amides is 1. The van der Waals surface area contributed by atoms with Crippen molar-refractivity contribution in [3.8, 4) is 5.75 Å². The average molecular weight is 365 g/mol. The maximum Gasteiger partial charge on any atom is 0.254 e. The van der Waals surface area contributed by atoms with Gasteiger partial charge in [-0.25, -0.2) is 0 Å². The minimum atomic E-state index is -0.361. The quantitative estimate of drug-likeness (QED) is 0.749. The van der Waals surface area contributed by atoms with Gasteiger partial charge >= 0.3 is 0 Å². The number of carbonyl (C=O) groups excluding carboxylic acids is 1. The van der Waals surface area contributed by atoms with Gasteiger partial charge in [0.1, 0.15) is 12.3 Å². The van der Waals surface area contributed by atoms with Crippen LogP contribution in [0.2, 0.25) is 0 Å². The van der Waals surface area contributed by atoms with Crippen LogP contribution < -0.4 is 5.56 Å². The molecule has 6 nitrogen and oxygen atoms in total. The zero-order chi connectivity index (χ0) is 19.0. The Morgan fingerprint density at radius 3 is 2.81 bits per heavy atom. The monoisotopic (exact) mass is 365 g/mol. The van der Waals surface area contributed by atoms with E-state index in [-0.39, 0.29) is 29.8 Å². The average Bonchev–Trinajstić information content (AvgIpc) is 3.08. The Bertz CT molecular complexity index is 1020. The lowest BCUT2D eigenvalue weighted by Gasteiger charge is -2.35. The van der Waals surface area contributed by atoms with Gasteiger partial charge in [-0.2, -0.15) is 0 Å². The van der Waals surface area contributed by atoms with E-state index in [1.807, 2.05) is 23.1 Å². The molecule has 1 aliphatic heterocycles. The molecule has 1 amide bonds. The van der Waals surface area contributed by atoms with Crippen molar-refractivity contribution in [2.75, 3.05) is 6.54 Å². The first-order chi connectivity index (χ1) is 13.0. The summed E-state index contributed by atoms with van der Waals surface area (Å²) in [6.45, 7) is 2.40. The molecular formula is C21H23N3O3. The van der Waals surface area contributed by atoms with Gasteiger partial charge in [0.15, 0.2) is 0 Å². The van der Waals surface area contributed by atoms with Crippen LogP contribution in [0, 0.1) is 6.92 Å². The number of nitrogens with zero attached hydrogens (tertiary/aromatic N) is 2. The van der Waals surface area contributed by atoms with E-state index in [0.717, 1.165) is 41.9 Å². The van der Waals surface area contributed by atoms with Crippen LogP contribution >= 0.6 is 0 Å². The van der Waals surface area contributed by atoms with Crippen molar-refractivity contribution in [1.82, 2.24) is 14.5 Å². The minimum absolute atomic E-state index is 0.00762. The molecule has 1 unspecified atom stereocenters. The van der Waals surface area contributed by atoms with Crippen LogP contribution in [0.3, 0.4) is 0 Å². The Kier molecular flexibility index (Phi) is 4.48. The summed E-state index contributed by atoms with van der Waals surface area (Å²) in [5.74, 6) is -0.149. The van der Waals surface area contributed by atoms with Gasteiger partial charge in [0.25, 0.3) is 5.56 Å². The first kappa shape index (κ1) is 17.4. The van der Waals surface area contributed by atoms with Gasteiger partial charge in [0, 0.05) is 29.5 Å². The predicted octanol–water partition coefficient (Wildman–Crippen LogP) is 3.10. The zero-order valence-electron chi connectivity index (χ0n) is 15.3. The molecule has 1 aromatic carbocycles. The van der Waals surface area contributed by atoms with E-state index in [1.54, 1.807) is 6.92 Å². The number of H-pyrrole nitrogens is 1. The summed E-state index contributed by atoms with van der Waals surface area (Å²) in [6.07, 6.45) is 2.94. The highest BCUT2D eigenvalue weighted by atomic mass is 16.3. The van der Waals surface area contributed by atoms with Crippen molar-refractivity contribution >= 4 is 16.8 Å². The fraction of sp³-hybridized carbons (Fsp3) is 0.333. The van der Waals surface area contributed by atoms with Crippen molar-refractivity contribution in [2.24, 2.45) is 0 Å². The first-order valence-corrected chi connectivity index (χ1v) is 9.30. The molecule has 4 rings (SSSR count). The molecule has 3 heterocycles. The molecular weight excluding hydrogens is 342 g/mol. The van der Waals surface area contributed by atoms with E-state index in [9.17, 15) is 14.7 Å². The normalized spacial score (nSPS) is 17.4. The summed E-state index contributed by atoms with van der Waals surface area (Å²) >= 11 is 0. The summed E-state index contributed by atoms with van der Waals surface area (Å²) < 4.78 is 1.42. The molecule has 0 radical (unpaired) electrons. The molecule has 27 heavy (non-hydrogen) atoms. The van der Waals surface area contributed by atoms with Crippen molar-refractivity contribution < 1.29 is 9.90 Å². The molecule has 0 saturated carbocycles. The SMILES string of the molecule is Cc1cc(O)cc(=O)n1CC(=O)N1CCCCC1c1cc2ccccc2[nH]1. The van der Waals surface area contributed by atoms with Gasteiger partial charge in [-0.05, 0) is 49.8 Å². The van der Waals surface area contributed by atoms with Gasteiger partial charge in [0.2, 0.25) is 5.91 Å². The van der Waals surface area contributed by atoms with Crippen molar-refractivity contribution in [3.63, 3.8) is 0 Å². The lowest BCUT2D eigenvalue weighted by molar-refractivity contribution is -0.135. The highest BCUT2D eigenvalue weighted by Gasteiger charge is 2.29. The van der Waals surface area contributed by atoms with Gasteiger partial charge in [-0.1, -0.05) is 18.2 Å². The number of aromatic hydroxyl groups is 1. The highest BCUT2D eigenvalue weighted by Crippen LogP contribution is 2.32. The second-order valence-corrected chi connectivity index (χ2v) is 7.19. The number of para-hydroxylation sites is 1. The molecule has 1 aliphatic rings. The van der Waals surface area contributed by atoms with Crippen molar-refractivity contribution in [3.05, 3.63) is 64.2 Å².